The van der Waals surface area contributed by atoms with Gasteiger partial charge in [-0.3, -0.25) is 4.79 Å². The average molecular weight is 240 g/mol. The second-order valence-electron chi connectivity index (χ2n) is 5.88. The molecule has 2 aliphatic rings. The summed E-state index contributed by atoms with van der Waals surface area (Å²) in [7, 11) is 0. The fourth-order valence-corrected chi connectivity index (χ4v) is 3.16. The Kier molecular flexibility index (Phi) is 3.46. The quantitative estimate of drug-likeness (QED) is 0.748. The summed E-state index contributed by atoms with van der Waals surface area (Å²) in [6.45, 7) is 7.47. The Morgan fingerprint density at radius 1 is 1.35 bits per heavy atom. The highest BCUT2D eigenvalue weighted by Gasteiger charge is 2.46. The highest BCUT2D eigenvalue weighted by molar-refractivity contribution is 5.83. The molecule has 2 rings (SSSR count). The van der Waals surface area contributed by atoms with Gasteiger partial charge in [0.05, 0.1) is 17.6 Å². The van der Waals surface area contributed by atoms with E-state index in [0.717, 1.165) is 19.3 Å². The third-order valence-electron chi connectivity index (χ3n) is 4.23. The number of amides is 1. The van der Waals surface area contributed by atoms with Crippen LogP contribution < -0.4 is 5.73 Å². The van der Waals surface area contributed by atoms with Crippen LogP contribution in [0.2, 0.25) is 0 Å². The van der Waals surface area contributed by atoms with E-state index in [1.165, 1.54) is 0 Å². The molecule has 1 aliphatic heterocycles. The van der Waals surface area contributed by atoms with E-state index >= 15 is 0 Å². The zero-order chi connectivity index (χ0) is 12.6. The first-order valence-corrected chi connectivity index (χ1v) is 6.64. The molecule has 0 spiro atoms. The van der Waals surface area contributed by atoms with Gasteiger partial charge in [-0.2, -0.15) is 0 Å². The Morgan fingerprint density at radius 3 is 2.41 bits per heavy atom. The van der Waals surface area contributed by atoms with Crippen LogP contribution in [0, 0.1) is 5.41 Å². The molecule has 2 unspecified atom stereocenters. The molecule has 1 saturated carbocycles. The number of carbonyl (C=O) groups is 1. The molecule has 4 heteroatoms. The van der Waals surface area contributed by atoms with Crippen LogP contribution in [0.5, 0.6) is 0 Å². The predicted octanol–water partition coefficient (Wildman–Crippen LogP) is 1.14. The molecule has 1 saturated heterocycles. The molecule has 2 fully saturated rings. The monoisotopic (exact) mass is 240 g/mol. The maximum absolute atomic E-state index is 12.6. The first kappa shape index (κ1) is 12.8. The number of ether oxygens (including phenoxy) is 1. The number of carbonyl (C=O) groups excluding carboxylic acids is 1. The van der Waals surface area contributed by atoms with Gasteiger partial charge in [-0.15, -0.1) is 0 Å². The van der Waals surface area contributed by atoms with Gasteiger partial charge in [-0.25, -0.2) is 0 Å². The molecule has 4 nitrogen and oxygen atoms in total. The summed E-state index contributed by atoms with van der Waals surface area (Å²) in [5.41, 5.74) is 5.76. The van der Waals surface area contributed by atoms with Crippen molar-refractivity contribution in [2.75, 3.05) is 13.1 Å². The van der Waals surface area contributed by atoms with Crippen LogP contribution in [0.15, 0.2) is 0 Å². The SMILES string of the molecule is C[C@@H]1CN(C(=O)C2(C)CCCC2N)C[C@H](C)O1. The van der Waals surface area contributed by atoms with Crippen molar-refractivity contribution in [1.29, 1.82) is 0 Å². The molecule has 0 aromatic heterocycles. The molecule has 0 aromatic rings. The maximum Gasteiger partial charge on any atom is 0.230 e. The van der Waals surface area contributed by atoms with E-state index in [0.29, 0.717) is 13.1 Å². The van der Waals surface area contributed by atoms with Crippen LogP contribution in [0.3, 0.4) is 0 Å². The van der Waals surface area contributed by atoms with E-state index in [2.05, 4.69) is 0 Å². The van der Waals surface area contributed by atoms with Crippen molar-refractivity contribution in [3.8, 4) is 0 Å². The molecule has 1 aliphatic carbocycles. The molecule has 4 atom stereocenters. The Bertz CT molecular complexity index is 298. The van der Waals surface area contributed by atoms with Crippen molar-refractivity contribution in [1.82, 2.24) is 4.90 Å². The normalized spacial score (nSPS) is 42.8. The number of nitrogens with two attached hydrogens (primary N) is 1. The Morgan fingerprint density at radius 2 is 1.94 bits per heavy atom. The lowest BCUT2D eigenvalue weighted by atomic mass is 9.83. The van der Waals surface area contributed by atoms with Gasteiger partial charge in [-0.1, -0.05) is 6.42 Å². The van der Waals surface area contributed by atoms with Gasteiger partial charge in [0.1, 0.15) is 0 Å². The summed E-state index contributed by atoms with van der Waals surface area (Å²) in [5, 5.41) is 0. The summed E-state index contributed by atoms with van der Waals surface area (Å²) < 4.78 is 5.66. The zero-order valence-corrected chi connectivity index (χ0v) is 11.1. The lowest BCUT2D eigenvalue weighted by Gasteiger charge is -2.40. The smallest absolute Gasteiger partial charge is 0.230 e. The van der Waals surface area contributed by atoms with Crippen molar-refractivity contribution < 1.29 is 9.53 Å². The summed E-state index contributed by atoms with van der Waals surface area (Å²) in [4.78, 5) is 14.6. The highest BCUT2D eigenvalue weighted by atomic mass is 16.5. The Balaban J connectivity index is 2.09. The standard InChI is InChI=1S/C13H24N2O2/c1-9-7-15(8-10(2)17-9)12(16)13(3)6-4-5-11(13)14/h9-11H,4-8,14H2,1-3H3/t9-,10+,11?,13?. The Hall–Kier alpha value is -0.610. The van der Waals surface area contributed by atoms with Crippen LogP contribution in [-0.4, -0.2) is 42.1 Å². The van der Waals surface area contributed by atoms with Crippen molar-refractivity contribution >= 4 is 5.91 Å². The fraction of sp³-hybridized carbons (Fsp3) is 0.923. The first-order chi connectivity index (χ1) is 7.93. The molecule has 0 bridgehead atoms. The van der Waals surface area contributed by atoms with Gasteiger partial charge in [0.25, 0.3) is 0 Å². The van der Waals surface area contributed by atoms with Crippen molar-refractivity contribution in [3.63, 3.8) is 0 Å². The average Bonchev–Trinajstić information content (AvgIpc) is 2.58. The van der Waals surface area contributed by atoms with E-state index in [9.17, 15) is 4.79 Å². The minimum absolute atomic E-state index is 0.0171. The number of morpholine rings is 1. The van der Waals surface area contributed by atoms with Gasteiger partial charge in [-0.05, 0) is 33.6 Å². The van der Waals surface area contributed by atoms with E-state index in [-0.39, 0.29) is 29.6 Å². The first-order valence-electron chi connectivity index (χ1n) is 6.64. The number of rotatable bonds is 1. The number of hydrogen-bond acceptors (Lipinski definition) is 3. The van der Waals surface area contributed by atoms with Gasteiger partial charge < -0.3 is 15.4 Å². The molecule has 2 N–H and O–H groups in total. The van der Waals surface area contributed by atoms with Gasteiger partial charge >= 0.3 is 0 Å². The summed E-state index contributed by atoms with van der Waals surface area (Å²) >= 11 is 0. The molecular weight excluding hydrogens is 216 g/mol. The van der Waals surface area contributed by atoms with Gasteiger partial charge in [0.2, 0.25) is 5.91 Å². The molecule has 1 amide bonds. The lowest BCUT2D eigenvalue weighted by Crippen LogP contribution is -2.55. The van der Waals surface area contributed by atoms with Crippen LogP contribution in [0.1, 0.15) is 40.0 Å². The van der Waals surface area contributed by atoms with Crippen LogP contribution in [0.25, 0.3) is 0 Å². The van der Waals surface area contributed by atoms with Crippen LogP contribution in [-0.2, 0) is 9.53 Å². The minimum atomic E-state index is -0.350. The molecule has 0 radical (unpaired) electrons. The van der Waals surface area contributed by atoms with E-state index in [1.807, 2.05) is 25.7 Å². The zero-order valence-electron chi connectivity index (χ0n) is 11.1. The Labute approximate surface area is 103 Å². The maximum atomic E-state index is 12.6. The van der Waals surface area contributed by atoms with Crippen molar-refractivity contribution in [2.24, 2.45) is 11.1 Å². The molecule has 1 heterocycles. The van der Waals surface area contributed by atoms with E-state index in [1.54, 1.807) is 0 Å². The van der Waals surface area contributed by atoms with Crippen LogP contribution in [0.4, 0.5) is 0 Å². The van der Waals surface area contributed by atoms with Gasteiger partial charge in [0.15, 0.2) is 0 Å². The fourth-order valence-electron chi connectivity index (χ4n) is 3.16. The summed E-state index contributed by atoms with van der Waals surface area (Å²) in [6.07, 6.45) is 3.22. The second-order valence-corrected chi connectivity index (χ2v) is 5.88. The molecule has 0 aromatic carbocycles. The van der Waals surface area contributed by atoms with E-state index < -0.39 is 0 Å². The number of hydrogen-bond donors (Lipinski definition) is 1. The largest absolute Gasteiger partial charge is 0.372 e. The molecule has 98 valence electrons. The molecule has 17 heavy (non-hydrogen) atoms. The summed E-state index contributed by atoms with van der Waals surface area (Å²) in [5.74, 6) is 0.226. The second kappa shape index (κ2) is 4.58. The number of nitrogens with zero attached hydrogens (tertiary/aromatic N) is 1. The van der Waals surface area contributed by atoms with Crippen molar-refractivity contribution in [2.45, 2.75) is 58.3 Å². The highest BCUT2D eigenvalue weighted by Crippen LogP contribution is 2.38. The topological polar surface area (TPSA) is 55.6 Å². The summed E-state index contributed by atoms with van der Waals surface area (Å²) in [6, 6.07) is 0.0171. The van der Waals surface area contributed by atoms with Crippen molar-refractivity contribution in [3.05, 3.63) is 0 Å². The predicted molar refractivity (Wildman–Crippen MR) is 66.5 cm³/mol. The van der Waals surface area contributed by atoms with Crippen LogP contribution >= 0.6 is 0 Å². The third kappa shape index (κ3) is 2.33. The molecular formula is C13H24N2O2. The third-order valence-corrected chi connectivity index (χ3v) is 4.23. The van der Waals surface area contributed by atoms with Gasteiger partial charge in [0, 0.05) is 19.1 Å². The minimum Gasteiger partial charge on any atom is -0.372 e. The lowest BCUT2D eigenvalue weighted by molar-refractivity contribution is -0.153. The van der Waals surface area contributed by atoms with E-state index in [4.69, 9.17) is 10.5 Å².